The molecule has 3 aromatic carbocycles. The Morgan fingerprint density at radius 1 is 0.941 bits per heavy atom. The molecule has 4 aromatic rings. The van der Waals surface area contributed by atoms with Crippen LogP contribution < -0.4 is 14.8 Å². The van der Waals surface area contributed by atoms with Gasteiger partial charge in [0.2, 0.25) is 17.6 Å². The van der Waals surface area contributed by atoms with E-state index in [0.29, 0.717) is 42.8 Å². The molecule has 1 amide bonds. The van der Waals surface area contributed by atoms with Gasteiger partial charge >= 0.3 is 0 Å². The van der Waals surface area contributed by atoms with E-state index in [2.05, 4.69) is 15.5 Å². The lowest BCUT2D eigenvalue weighted by atomic mass is 10.1. The molecule has 0 fully saturated rings. The number of ether oxygens (including phenoxy) is 2. The molecule has 34 heavy (non-hydrogen) atoms. The van der Waals surface area contributed by atoms with Crippen molar-refractivity contribution in [1.29, 1.82) is 0 Å². The predicted octanol–water partition coefficient (Wildman–Crippen LogP) is 4.62. The van der Waals surface area contributed by atoms with Crippen LogP contribution in [0.5, 0.6) is 11.5 Å². The molecule has 0 bridgehead atoms. The number of benzene rings is 3. The minimum atomic E-state index is -0.482. The third-order valence-electron chi connectivity index (χ3n) is 5.36. The Labute approximate surface area is 197 Å². The van der Waals surface area contributed by atoms with Crippen LogP contribution in [0, 0.1) is 0 Å². The summed E-state index contributed by atoms with van der Waals surface area (Å²) in [6, 6.07) is 24.5. The Morgan fingerprint density at radius 2 is 1.68 bits per heavy atom. The first-order chi connectivity index (χ1) is 16.7. The van der Waals surface area contributed by atoms with Crippen LogP contribution in [-0.2, 0) is 11.2 Å². The number of rotatable bonds is 7. The van der Waals surface area contributed by atoms with Crippen molar-refractivity contribution in [2.45, 2.75) is 12.5 Å². The molecule has 2 heterocycles. The first kappa shape index (κ1) is 21.5. The van der Waals surface area contributed by atoms with Crippen LogP contribution in [0.3, 0.4) is 0 Å². The summed E-state index contributed by atoms with van der Waals surface area (Å²) in [5, 5.41) is 7.11. The number of hydrogen-bond donors (Lipinski definition) is 1. The van der Waals surface area contributed by atoms with Crippen LogP contribution in [0.25, 0.3) is 17.5 Å². The normalized spacial score (nSPS) is 13.5. The second-order valence-corrected chi connectivity index (χ2v) is 7.81. The molecule has 1 aliphatic rings. The SMILES string of the molecule is O=C(C=Cc1ccc2c(c1)OCCO2)NC(Cc1ccccc1)c1nc(-c2ccccc2)no1. The summed E-state index contributed by atoms with van der Waals surface area (Å²) in [6.07, 6.45) is 3.73. The fraction of sp³-hybridized carbons (Fsp3) is 0.148. The molecule has 0 radical (unpaired) electrons. The number of aromatic nitrogens is 2. The smallest absolute Gasteiger partial charge is 0.249 e. The summed E-state index contributed by atoms with van der Waals surface area (Å²) in [7, 11) is 0. The van der Waals surface area contributed by atoms with Gasteiger partial charge in [-0.3, -0.25) is 4.79 Å². The van der Waals surface area contributed by atoms with Crippen molar-refractivity contribution in [2.75, 3.05) is 13.2 Å². The highest BCUT2D eigenvalue weighted by Gasteiger charge is 2.22. The van der Waals surface area contributed by atoms with Crippen LogP contribution in [-0.4, -0.2) is 29.3 Å². The van der Waals surface area contributed by atoms with E-state index in [1.54, 1.807) is 6.08 Å². The number of amides is 1. The summed E-state index contributed by atoms with van der Waals surface area (Å²) < 4.78 is 16.7. The van der Waals surface area contributed by atoms with Crippen LogP contribution in [0.2, 0.25) is 0 Å². The van der Waals surface area contributed by atoms with Crippen molar-refractivity contribution < 1.29 is 18.8 Å². The highest BCUT2D eigenvalue weighted by atomic mass is 16.6. The van der Waals surface area contributed by atoms with Crippen molar-refractivity contribution in [1.82, 2.24) is 15.5 Å². The van der Waals surface area contributed by atoms with Crippen LogP contribution >= 0.6 is 0 Å². The third-order valence-corrected chi connectivity index (χ3v) is 5.36. The minimum Gasteiger partial charge on any atom is -0.486 e. The molecule has 7 heteroatoms. The number of carbonyl (C=O) groups excluding carboxylic acids is 1. The van der Waals surface area contributed by atoms with E-state index in [-0.39, 0.29) is 5.91 Å². The fourth-order valence-electron chi connectivity index (χ4n) is 3.69. The molecule has 170 valence electrons. The van der Waals surface area contributed by atoms with Gasteiger partial charge in [-0.2, -0.15) is 4.98 Å². The average Bonchev–Trinajstić information content (AvgIpc) is 3.39. The van der Waals surface area contributed by atoms with Gasteiger partial charge < -0.3 is 19.3 Å². The molecule has 1 unspecified atom stereocenters. The van der Waals surface area contributed by atoms with E-state index in [4.69, 9.17) is 14.0 Å². The van der Waals surface area contributed by atoms with E-state index >= 15 is 0 Å². The Kier molecular flexibility index (Phi) is 6.34. The maximum atomic E-state index is 12.8. The van der Waals surface area contributed by atoms with Crippen LogP contribution in [0.15, 0.2) is 89.5 Å². The van der Waals surface area contributed by atoms with E-state index in [0.717, 1.165) is 16.7 Å². The number of fused-ring (bicyclic) bond motifs is 1. The second-order valence-electron chi connectivity index (χ2n) is 7.81. The molecule has 0 aliphatic carbocycles. The Balaban J connectivity index is 1.34. The number of carbonyl (C=O) groups is 1. The van der Waals surface area contributed by atoms with E-state index in [1.165, 1.54) is 6.08 Å². The highest BCUT2D eigenvalue weighted by Crippen LogP contribution is 2.31. The number of hydrogen-bond acceptors (Lipinski definition) is 6. The van der Waals surface area contributed by atoms with Crippen LogP contribution in [0.4, 0.5) is 0 Å². The summed E-state index contributed by atoms with van der Waals surface area (Å²) in [5.41, 5.74) is 2.73. The molecule has 1 aromatic heterocycles. The number of nitrogens with zero attached hydrogens (tertiary/aromatic N) is 2. The van der Waals surface area contributed by atoms with E-state index < -0.39 is 6.04 Å². The zero-order valence-corrected chi connectivity index (χ0v) is 18.4. The maximum absolute atomic E-state index is 12.8. The van der Waals surface area contributed by atoms with Gasteiger partial charge in [-0.05, 0) is 29.3 Å². The lowest BCUT2D eigenvalue weighted by Crippen LogP contribution is -2.28. The highest BCUT2D eigenvalue weighted by molar-refractivity contribution is 5.92. The molecule has 0 spiro atoms. The average molecular weight is 453 g/mol. The first-order valence-corrected chi connectivity index (χ1v) is 11.1. The molecule has 5 rings (SSSR count). The maximum Gasteiger partial charge on any atom is 0.249 e. The van der Waals surface area contributed by atoms with Crippen LogP contribution in [0.1, 0.15) is 23.1 Å². The largest absolute Gasteiger partial charge is 0.486 e. The fourth-order valence-corrected chi connectivity index (χ4v) is 3.69. The standard InChI is InChI=1S/C27H23N3O4/c31-25(14-12-20-11-13-23-24(18-20)33-16-15-32-23)28-22(17-19-7-3-1-4-8-19)27-29-26(30-34-27)21-9-5-2-6-10-21/h1-14,18,22H,15-17H2,(H,28,31). The minimum absolute atomic E-state index is 0.268. The molecule has 1 atom stereocenters. The number of nitrogens with one attached hydrogen (secondary N) is 1. The molecule has 1 N–H and O–H groups in total. The van der Waals surface area contributed by atoms with Crippen molar-refractivity contribution in [3.8, 4) is 22.9 Å². The Bertz CT molecular complexity index is 1290. The summed E-state index contributed by atoms with van der Waals surface area (Å²) in [4.78, 5) is 17.4. The van der Waals surface area contributed by atoms with Gasteiger partial charge in [0.05, 0.1) is 0 Å². The summed E-state index contributed by atoms with van der Waals surface area (Å²) >= 11 is 0. The van der Waals surface area contributed by atoms with Gasteiger partial charge in [-0.15, -0.1) is 0 Å². The molecular weight excluding hydrogens is 430 g/mol. The van der Waals surface area contributed by atoms with E-state index in [1.807, 2.05) is 78.9 Å². The van der Waals surface area contributed by atoms with Crippen molar-refractivity contribution >= 4 is 12.0 Å². The van der Waals surface area contributed by atoms with Crippen molar-refractivity contribution in [3.05, 3.63) is 102 Å². The quantitative estimate of drug-likeness (QED) is 0.411. The molecule has 0 saturated carbocycles. The first-order valence-electron chi connectivity index (χ1n) is 11.1. The molecule has 1 aliphatic heterocycles. The van der Waals surface area contributed by atoms with Crippen molar-refractivity contribution in [2.24, 2.45) is 0 Å². The monoisotopic (exact) mass is 453 g/mol. The molecule has 7 nitrogen and oxygen atoms in total. The van der Waals surface area contributed by atoms with Gasteiger partial charge in [-0.1, -0.05) is 71.9 Å². The summed E-state index contributed by atoms with van der Waals surface area (Å²) in [6.45, 7) is 1.05. The predicted molar refractivity (Wildman–Crippen MR) is 127 cm³/mol. The van der Waals surface area contributed by atoms with Gasteiger partial charge in [0.15, 0.2) is 11.5 Å². The van der Waals surface area contributed by atoms with E-state index in [9.17, 15) is 4.79 Å². The zero-order valence-electron chi connectivity index (χ0n) is 18.4. The molecular formula is C27H23N3O4. The van der Waals surface area contributed by atoms with Gasteiger partial charge in [0, 0.05) is 18.1 Å². The Morgan fingerprint density at radius 3 is 2.47 bits per heavy atom. The zero-order chi connectivity index (χ0) is 23.2. The second kappa shape index (κ2) is 10.0. The lowest BCUT2D eigenvalue weighted by molar-refractivity contribution is -0.117. The summed E-state index contributed by atoms with van der Waals surface area (Å²) in [5.74, 6) is 1.95. The van der Waals surface area contributed by atoms with Gasteiger partial charge in [-0.25, -0.2) is 0 Å². The molecule has 0 saturated heterocycles. The van der Waals surface area contributed by atoms with Gasteiger partial charge in [0.25, 0.3) is 0 Å². The third kappa shape index (κ3) is 5.15. The topological polar surface area (TPSA) is 86.5 Å². The van der Waals surface area contributed by atoms with Gasteiger partial charge in [0.1, 0.15) is 19.3 Å². The van der Waals surface area contributed by atoms with Crippen molar-refractivity contribution in [3.63, 3.8) is 0 Å². The lowest BCUT2D eigenvalue weighted by Gasteiger charge is -2.18. The Hall–Kier alpha value is -4.39.